The number of sulfonamides is 1. The minimum atomic E-state index is -3.40. The quantitative estimate of drug-likeness (QED) is 0.736. The molecule has 28 heavy (non-hydrogen) atoms. The molecule has 1 amide bonds. The van der Waals surface area contributed by atoms with Gasteiger partial charge in [-0.25, -0.2) is 12.8 Å². The molecule has 0 spiro atoms. The van der Waals surface area contributed by atoms with Crippen LogP contribution in [0.5, 0.6) is 0 Å². The van der Waals surface area contributed by atoms with E-state index in [2.05, 4.69) is 5.32 Å². The lowest BCUT2D eigenvalue weighted by Gasteiger charge is -2.15. The predicted molar refractivity (Wildman–Crippen MR) is 106 cm³/mol. The Balaban J connectivity index is 1.44. The van der Waals surface area contributed by atoms with Crippen molar-refractivity contribution in [2.75, 3.05) is 19.6 Å². The number of nitrogens with zero attached hydrogens (tertiary/aromatic N) is 1. The highest BCUT2D eigenvalue weighted by Gasteiger charge is 2.26. The van der Waals surface area contributed by atoms with Gasteiger partial charge in [0.25, 0.3) is 0 Å². The molecule has 150 valence electrons. The van der Waals surface area contributed by atoms with Gasteiger partial charge in [-0.15, -0.1) is 0 Å². The van der Waals surface area contributed by atoms with E-state index >= 15 is 0 Å². The number of benzene rings is 2. The second-order valence-corrected chi connectivity index (χ2v) is 8.92. The molecule has 5 nitrogen and oxygen atoms in total. The van der Waals surface area contributed by atoms with Crippen molar-refractivity contribution in [3.05, 3.63) is 65.5 Å². The molecule has 2 aromatic carbocycles. The minimum absolute atomic E-state index is 0.0594. The normalized spacial score (nSPS) is 14.9. The third-order valence-corrected chi connectivity index (χ3v) is 6.83. The molecule has 2 aromatic rings. The molecule has 0 atom stereocenters. The van der Waals surface area contributed by atoms with Crippen LogP contribution in [0.15, 0.2) is 53.4 Å². The summed E-state index contributed by atoms with van der Waals surface area (Å²) in [6.45, 7) is 1.67. The van der Waals surface area contributed by atoms with E-state index in [1.54, 1.807) is 36.4 Å². The standard InChI is InChI=1S/C21H25FN2O3S/c22-19-8-3-18(4-9-19)13-14-23-21(25)12-7-17-5-10-20(11-6-17)28(26,27)24-15-1-2-16-24/h3-6,8-11H,1-2,7,12-16H2,(H,23,25). The molecule has 0 aromatic heterocycles. The van der Waals surface area contributed by atoms with E-state index < -0.39 is 10.0 Å². The lowest BCUT2D eigenvalue weighted by Crippen LogP contribution is -2.27. The third kappa shape index (κ3) is 5.39. The molecule has 1 fully saturated rings. The average Bonchev–Trinajstić information content (AvgIpc) is 3.24. The van der Waals surface area contributed by atoms with Crippen LogP contribution in [0, 0.1) is 5.82 Å². The number of nitrogens with one attached hydrogen (secondary N) is 1. The Morgan fingerprint density at radius 3 is 2.14 bits per heavy atom. The molecular weight excluding hydrogens is 379 g/mol. The molecule has 1 heterocycles. The Morgan fingerprint density at radius 2 is 1.50 bits per heavy atom. The van der Waals surface area contributed by atoms with E-state index in [-0.39, 0.29) is 11.7 Å². The van der Waals surface area contributed by atoms with Gasteiger partial charge in [-0.2, -0.15) is 4.31 Å². The maximum absolute atomic E-state index is 12.9. The molecule has 0 aliphatic carbocycles. The van der Waals surface area contributed by atoms with Gasteiger partial charge < -0.3 is 5.32 Å². The smallest absolute Gasteiger partial charge is 0.243 e. The van der Waals surface area contributed by atoms with E-state index in [9.17, 15) is 17.6 Å². The van der Waals surface area contributed by atoms with Gasteiger partial charge in [0, 0.05) is 26.1 Å². The lowest BCUT2D eigenvalue weighted by atomic mass is 10.1. The third-order valence-electron chi connectivity index (χ3n) is 4.92. The highest BCUT2D eigenvalue weighted by atomic mass is 32.2. The fourth-order valence-electron chi connectivity index (χ4n) is 3.25. The highest BCUT2D eigenvalue weighted by Crippen LogP contribution is 2.21. The van der Waals surface area contributed by atoms with Crippen molar-refractivity contribution in [3.8, 4) is 0 Å². The average molecular weight is 405 g/mol. The van der Waals surface area contributed by atoms with Crippen LogP contribution >= 0.6 is 0 Å². The van der Waals surface area contributed by atoms with Gasteiger partial charge in [-0.1, -0.05) is 24.3 Å². The van der Waals surface area contributed by atoms with Crippen LogP contribution in [-0.2, 0) is 27.7 Å². The SMILES string of the molecule is O=C(CCc1ccc(S(=O)(=O)N2CCCC2)cc1)NCCc1ccc(F)cc1. The Hall–Kier alpha value is -2.25. The number of aryl methyl sites for hydroxylation is 1. The maximum atomic E-state index is 12.9. The van der Waals surface area contributed by atoms with Crippen molar-refractivity contribution in [1.82, 2.24) is 9.62 Å². The minimum Gasteiger partial charge on any atom is -0.356 e. The molecule has 1 saturated heterocycles. The van der Waals surface area contributed by atoms with Crippen LogP contribution in [0.1, 0.15) is 30.4 Å². The molecule has 0 unspecified atom stereocenters. The molecule has 0 saturated carbocycles. The van der Waals surface area contributed by atoms with Gasteiger partial charge in [0.2, 0.25) is 15.9 Å². The number of carbonyl (C=O) groups is 1. The van der Waals surface area contributed by atoms with Crippen molar-refractivity contribution in [2.45, 2.75) is 37.0 Å². The van der Waals surface area contributed by atoms with Crippen molar-refractivity contribution in [3.63, 3.8) is 0 Å². The Bertz CT molecular complexity index is 890. The summed E-state index contributed by atoms with van der Waals surface area (Å²) in [5.41, 5.74) is 1.89. The first-order valence-electron chi connectivity index (χ1n) is 9.55. The van der Waals surface area contributed by atoms with Gasteiger partial charge in [0.1, 0.15) is 5.82 Å². The van der Waals surface area contributed by atoms with Crippen molar-refractivity contribution in [2.24, 2.45) is 0 Å². The van der Waals surface area contributed by atoms with Gasteiger partial charge in [-0.3, -0.25) is 4.79 Å². The van der Waals surface area contributed by atoms with Crippen LogP contribution in [0.3, 0.4) is 0 Å². The Labute approximate surface area is 165 Å². The number of carbonyl (C=O) groups excluding carboxylic acids is 1. The van der Waals surface area contributed by atoms with Crippen LogP contribution in [0.4, 0.5) is 4.39 Å². The monoisotopic (exact) mass is 404 g/mol. The van der Waals surface area contributed by atoms with Crippen LogP contribution < -0.4 is 5.32 Å². The molecule has 3 rings (SSSR count). The van der Waals surface area contributed by atoms with Crippen molar-refractivity contribution >= 4 is 15.9 Å². The summed E-state index contributed by atoms with van der Waals surface area (Å²) in [6.07, 6.45) is 3.35. The van der Waals surface area contributed by atoms with E-state index in [4.69, 9.17) is 0 Å². The van der Waals surface area contributed by atoms with Gasteiger partial charge in [0.05, 0.1) is 4.90 Å². The molecule has 1 N–H and O–H groups in total. The zero-order valence-corrected chi connectivity index (χ0v) is 16.6. The first-order chi connectivity index (χ1) is 13.4. The molecule has 1 aliphatic heterocycles. The first-order valence-corrected chi connectivity index (χ1v) is 11.0. The molecular formula is C21H25FN2O3S. The summed E-state index contributed by atoms with van der Waals surface area (Å²) < 4.78 is 39.4. The summed E-state index contributed by atoms with van der Waals surface area (Å²) in [5.74, 6) is -0.331. The largest absolute Gasteiger partial charge is 0.356 e. The van der Waals surface area contributed by atoms with E-state index in [1.165, 1.54) is 16.4 Å². The summed E-state index contributed by atoms with van der Waals surface area (Å²) in [6, 6.07) is 13.0. The van der Waals surface area contributed by atoms with E-state index in [0.29, 0.717) is 43.8 Å². The molecule has 1 aliphatic rings. The van der Waals surface area contributed by atoms with Gasteiger partial charge >= 0.3 is 0 Å². The van der Waals surface area contributed by atoms with Crippen LogP contribution in [0.2, 0.25) is 0 Å². The van der Waals surface area contributed by atoms with Crippen LogP contribution in [-0.4, -0.2) is 38.3 Å². The van der Waals surface area contributed by atoms with E-state index in [1.807, 2.05) is 0 Å². The Morgan fingerprint density at radius 1 is 0.929 bits per heavy atom. The molecule has 0 bridgehead atoms. The summed E-state index contributed by atoms with van der Waals surface area (Å²) in [4.78, 5) is 12.3. The fraction of sp³-hybridized carbons (Fsp3) is 0.381. The zero-order chi connectivity index (χ0) is 20.0. The second-order valence-electron chi connectivity index (χ2n) is 6.98. The van der Waals surface area contributed by atoms with Gasteiger partial charge in [-0.05, 0) is 61.1 Å². The Kier molecular flexibility index (Phi) is 6.80. The number of hydrogen-bond donors (Lipinski definition) is 1. The number of rotatable bonds is 8. The number of amides is 1. The first kappa shape index (κ1) is 20.5. The number of halogens is 1. The highest BCUT2D eigenvalue weighted by molar-refractivity contribution is 7.89. The van der Waals surface area contributed by atoms with Crippen molar-refractivity contribution in [1.29, 1.82) is 0 Å². The maximum Gasteiger partial charge on any atom is 0.243 e. The molecule has 0 radical (unpaired) electrons. The fourth-order valence-corrected chi connectivity index (χ4v) is 4.77. The zero-order valence-electron chi connectivity index (χ0n) is 15.7. The summed E-state index contributed by atoms with van der Waals surface area (Å²) in [7, 11) is -3.40. The summed E-state index contributed by atoms with van der Waals surface area (Å²) >= 11 is 0. The van der Waals surface area contributed by atoms with E-state index in [0.717, 1.165) is 24.0 Å². The lowest BCUT2D eigenvalue weighted by molar-refractivity contribution is -0.121. The predicted octanol–water partition coefficient (Wildman–Crippen LogP) is 2.90. The topological polar surface area (TPSA) is 66.5 Å². The summed E-state index contributed by atoms with van der Waals surface area (Å²) in [5, 5.41) is 2.85. The van der Waals surface area contributed by atoms with Crippen molar-refractivity contribution < 1.29 is 17.6 Å². The number of hydrogen-bond acceptors (Lipinski definition) is 3. The van der Waals surface area contributed by atoms with Gasteiger partial charge in [0.15, 0.2) is 0 Å². The molecule has 7 heteroatoms. The van der Waals surface area contributed by atoms with Crippen LogP contribution in [0.25, 0.3) is 0 Å². The second kappa shape index (κ2) is 9.30.